The van der Waals surface area contributed by atoms with Gasteiger partial charge in [-0.05, 0) is 43.3 Å². The van der Waals surface area contributed by atoms with Crippen LogP contribution in [-0.4, -0.2) is 25.1 Å². The van der Waals surface area contributed by atoms with Crippen molar-refractivity contribution in [2.45, 2.75) is 6.92 Å². The van der Waals surface area contributed by atoms with Gasteiger partial charge in [0.05, 0.1) is 19.9 Å². The van der Waals surface area contributed by atoms with Crippen molar-refractivity contribution in [1.82, 2.24) is 4.98 Å². The van der Waals surface area contributed by atoms with Crippen LogP contribution in [0.15, 0.2) is 47.8 Å². The van der Waals surface area contributed by atoms with E-state index >= 15 is 0 Å². The lowest BCUT2D eigenvalue weighted by Gasteiger charge is -2.07. The lowest BCUT2D eigenvalue weighted by molar-refractivity contribution is 0.102. The molecule has 3 rings (SSSR count). The van der Waals surface area contributed by atoms with Crippen LogP contribution in [0.25, 0.3) is 11.3 Å². The zero-order valence-electron chi connectivity index (χ0n) is 14.2. The fourth-order valence-corrected chi connectivity index (χ4v) is 3.09. The average molecular weight is 354 g/mol. The number of aromatic nitrogens is 1. The number of ether oxygens (including phenoxy) is 2. The molecular weight excluding hydrogens is 336 g/mol. The van der Waals surface area contributed by atoms with E-state index in [9.17, 15) is 4.79 Å². The van der Waals surface area contributed by atoms with Gasteiger partial charge in [0.2, 0.25) is 0 Å². The fourth-order valence-electron chi connectivity index (χ4n) is 2.39. The number of methoxy groups -OCH3 is 2. The summed E-state index contributed by atoms with van der Waals surface area (Å²) in [6, 6.07) is 12.8. The number of nitrogens with one attached hydrogen (secondary N) is 1. The minimum Gasteiger partial charge on any atom is -0.497 e. The van der Waals surface area contributed by atoms with Crippen LogP contribution in [0, 0.1) is 6.92 Å². The molecule has 0 aliphatic heterocycles. The summed E-state index contributed by atoms with van der Waals surface area (Å²) in [7, 11) is 3.22. The normalized spacial score (nSPS) is 10.4. The third kappa shape index (κ3) is 3.80. The first-order valence-corrected chi connectivity index (χ1v) is 8.54. The van der Waals surface area contributed by atoms with Gasteiger partial charge in [0.15, 0.2) is 5.13 Å². The summed E-state index contributed by atoms with van der Waals surface area (Å²) in [5, 5.41) is 5.27. The van der Waals surface area contributed by atoms with Gasteiger partial charge in [-0.1, -0.05) is 11.6 Å². The third-order valence-electron chi connectivity index (χ3n) is 3.71. The third-order valence-corrected chi connectivity index (χ3v) is 4.47. The predicted octanol–water partition coefficient (Wildman–Crippen LogP) is 4.39. The van der Waals surface area contributed by atoms with E-state index in [0.29, 0.717) is 16.4 Å². The molecule has 0 bridgehead atoms. The average Bonchev–Trinajstić information content (AvgIpc) is 3.10. The number of aryl methyl sites for hydroxylation is 1. The van der Waals surface area contributed by atoms with Crippen molar-refractivity contribution in [3.8, 4) is 22.8 Å². The molecule has 1 N–H and O–H groups in total. The van der Waals surface area contributed by atoms with Crippen LogP contribution in [-0.2, 0) is 0 Å². The smallest absolute Gasteiger partial charge is 0.257 e. The number of hydrogen-bond donors (Lipinski definition) is 1. The van der Waals surface area contributed by atoms with Crippen molar-refractivity contribution in [3.63, 3.8) is 0 Å². The van der Waals surface area contributed by atoms with Crippen LogP contribution in [0.3, 0.4) is 0 Å². The molecule has 6 heteroatoms. The van der Waals surface area contributed by atoms with Gasteiger partial charge >= 0.3 is 0 Å². The molecule has 5 nitrogen and oxygen atoms in total. The van der Waals surface area contributed by atoms with Crippen LogP contribution in [0.1, 0.15) is 15.9 Å². The van der Waals surface area contributed by atoms with Gasteiger partial charge < -0.3 is 9.47 Å². The number of hydrogen-bond acceptors (Lipinski definition) is 5. The number of benzene rings is 2. The predicted molar refractivity (Wildman–Crippen MR) is 99.8 cm³/mol. The Hall–Kier alpha value is -2.86. The number of nitrogens with zero attached hydrogens (tertiary/aromatic N) is 1. The Kier molecular flexibility index (Phi) is 5.00. The maximum absolute atomic E-state index is 12.3. The minimum atomic E-state index is -0.209. The van der Waals surface area contributed by atoms with E-state index in [1.54, 1.807) is 38.5 Å². The molecule has 3 aromatic rings. The van der Waals surface area contributed by atoms with Crippen molar-refractivity contribution in [2.75, 3.05) is 19.5 Å². The first kappa shape index (κ1) is 17.0. The highest BCUT2D eigenvalue weighted by Gasteiger charge is 2.13. The number of amides is 1. The van der Waals surface area contributed by atoms with Crippen molar-refractivity contribution >= 4 is 22.4 Å². The van der Waals surface area contributed by atoms with E-state index < -0.39 is 0 Å². The van der Waals surface area contributed by atoms with Crippen molar-refractivity contribution in [2.24, 2.45) is 0 Å². The van der Waals surface area contributed by atoms with Crippen LogP contribution in [0.4, 0.5) is 5.13 Å². The van der Waals surface area contributed by atoms with Crippen molar-refractivity contribution in [1.29, 1.82) is 0 Å². The zero-order valence-corrected chi connectivity index (χ0v) is 15.0. The van der Waals surface area contributed by atoms with Crippen LogP contribution >= 0.6 is 11.3 Å². The number of thiazole rings is 1. The Morgan fingerprint density at radius 2 is 1.84 bits per heavy atom. The molecule has 1 aromatic heterocycles. The van der Waals surface area contributed by atoms with Crippen molar-refractivity contribution < 1.29 is 14.3 Å². The van der Waals surface area contributed by atoms with E-state index in [0.717, 1.165) is 22.6 Å². The summed E-state index contributed by atoms with van der Waals surface area (Å²) in [5.41, 5.74) is 3.34. The molecule has 0 saturated carbocycles. The van der Waals surface area contributed by atoms with E-state index in [2.05, 4.69) is 10.3 Å². The first-order chi connectivity index (χ1) is 12.1. The van der Waals surface area contributed by atoms with Crippen LogP contribution in [0.2, 0.25) is 0 Å². The van der Waals surface area contributed by atoms with E-state index in [-0.39, 0.29) is 5.91 Å². The zero-order chi connectivity index (χ0) is 17.8. The highest BCUT2D eigenvalue weighted by atomic mass is 32.1. The topological polar surface area (TPSA) is 60.5 Å². The van der Waals surface area contributed by atoms with Gasteiger partial charge in [0, 0.05) is 16.5 Å². The second-order valence-corrected chi connectivity index (χ2v) is 6.28. The monoisotopic (exact) mass is 354 g/mol. The molecule has 128 valence electrons. The quantitative estimate of drug-likeness (QED) is 0.738. The first-order valence-electron chi connectivity index (χ1n) is 7.66. The Labute approximate surface area is 150 Å². The molecule has 0 unspecified atom stereocenters. The molecule has 1 amide bonds. The molecule has 0 radical (unpaired) electrons. The number of carbonyl (C=O) groups excluding carboxylic acids is 1. The number of carbonyl (C=O) groups is 1. The van der Waals surface area contributed by atoms with Gasteiger partial charge in [-0.2, -0.15) is 0 Å². The standard InChI is InChI=1S/C19H18N2O3S/c1-12-4-9-17(24-3)15(10-12)16-11-25-19(20-16)21-18(22)13-5-7-14(23-2)8-6-13/h4-11H,1-3H3,(H,20,21,22). The molecule has 0 aliphatic carbocycles. The molecule has 2 aromatic carbocycles. The lowest BCUT2D eigenvalue weighted by Crippen LogP contribution is -2.11. The SMILES string of the molecule is COc1ccc(C(=O)Nc2nc(-c3cc(C)ccc3OC)cs2)cc1. The maximum atomic E-state index is 12.3. The fraction of sp³-hybridized carbons (Fsp3) is 0.158. The summed E-state index contributed by atoms with van der Waals surface area (Å²) in [6.07, 6.45) is 0. The molecule has 0 aliphatic rings. The Morgan fingerprint density at radius 3 is 2.52 bits per heavy atom. The van der Waals surface area contributed by atoms with Crippen LogP contribution in [0.5, 0.6) is 11.5 Å². The van der Waals surface area contributed by atoms with Gasteiger partial charge in [0.1, 0.15) is 11.5 Å². The van der Waals surface area contributed by atoms with Gasteiger partial charge in [-0.15, -0.1) is 11.3 Å². The minimum absolute atomic E-state index is 0.209. The molecule has 25 heavy (non-hydrogen) atoms. The molecule has 0 saturated heterocycles. The van der Waals surface area contributed by atoms with E-state index in [1.165, 1.54) is 11.3 Å². The Morgan fingerprint density at radius 1 is 1.08 bits per heavy atom. The second-order valence-electron chi connectivity index (χ2n) is 5.42. The van der Waals surface area contributed by atoms with Crippen LogP contribution < -0.4 is 14.8 Å². The van der Waals surface area contributed by atoms with Gasteiger partial charge in [-0.3, -0.25) is 10.1 Å². The molecule has 0 spiro atoms. The molecule has 0 fully saturated rings. The summed E-state index contributed by atoms with van der Waals surface area (Å²) in [4.78, 5) is 16.8. The van der Waals surface area contributed by atoms with Crippen molar-refractivity contribution in [3.05, 3.63) is 59.0 Å². The van der Waals surface area contributed by atoms with E-state index in [4.69, 9.17) is 9.47 Å². The van der Waals surface area contributed by atoms with Gasteiger partial charge in [-0.25, -0.2) is 4.98 Å². The molecule has 1 heterocycles. The van der Waals surface area contributed by atoms with Gasteiger partial charge in [0.25, 0.3) is 5.91 Å². The molecular formula is C19H18N2O3S. The molecule has 0 atom stereocenters. The maximum Gasteiger partial charge on any atom is 0.257 e. The second kappa shape index (κ2) is 7.36. The summed E-state index contributed by atoms with van der Waals surface area (Å²) in [5.74, 6) is 1.25. The lowest BCUT2D eigenvalue weighted by atomic mass is 10.1. The summed E-state index contributed by atoms with van der Waals surface area (Å²) < 4.78 is 10.5. The Balaban J connectivity index is 1.79. The number of anilines is 1. The highest BCUT2D eigenvalue weighted by molar-refractivity contribution is 7.14. The van der Waals surface area contributed by atoms with E-state index in [1.807, 2.05) is 30.5 Å². The summed E-state index contributed by atoms with van der Waals surface area (Å²) >= 11 is 1.38. The largest absolute Gasteiger partial charge is 0.497 e. The Bertz CT molecular complexity index is 888. The number of rotatable bonds is 5. The summed E-state index contributed by atoms with van der Waals surface area (Å²) in [6.45, 7) is 2.02. The highest BCUT2D eigenvalue weighted by Crippen LogP contribution is 2.33.